The number of hydrogen-bond acceptors (Lipinski definition) is 0. The molecule has 0 saturated carbocycles. The molecule has 10 heavy (non-hydrogen) atoms. The van der Waals surface area contributed by atoms with Gasteiger partial charge in [-0.25, -0.2) is 0 Å². The predicted molar refractivity (Wildman–Crippen MR) is 50.6 cm³/mol. The van der Waals surface area contributed by atoms with Crippen molar-refractivity contribution in [2.24, 2.45) is 0 Å². The van der Waals surface area contributed by atoms with E-state index >= 15 is 0 Å². The maximum atomic E-state index is 2.65. The highest BCUT2D eigenvalue weighted by Crippen LogP contribution is 2.47. The van der Waals surface area contributed by atoms with Gasteiger partial charge in [0.15, 0.2) is 0 Å². The molecule has 2 bridgehead atoms. The largest absolute Gasteiger partial charge is 0.310 e. The number of hydrogen-bond donors (Lipinski definition) is 0. The van der Waals surface area contributed by atoms with Crippen molar-refractivity contribution < 1.29 is 0 Å². The third kappa shape index (κ3) is 1.01. The maximum Gasteiger partial charge on any atom is 0.310 e. The Morgan fingerprint density at radius 1 is 1.30 bits per heavy atom. The molecule has 0 N–H and O–H groups in total. The third-order valence-corrected chi connectivity index (χ3v) is 14.2. The fourth-order valence-corrected chi connectivity index (χ4v) is 14.9. The third-order valence-electron chi connectivity index (χ3n) is 3.60. The van der Waals surface area contributed by atoms with Crippen LogP contribution in [0.15, 0.2) is 0 Å². The van der Waals surface area contributed by atoms with E-state index < -0.39 is 8.07 Å². The van der Waals surface area contributed by atoms with Crippen LogP contribution in [0.4, 0.5) is 0 Å². The van der Waals surface area contributed by atoms with Crippen molar-refractivity contribution in [2.45, 2.75) is 49.2 Å². The zero-order valence-electron chi connectivity index (χ0n) is 7.11. The molecule has 56 valence electrons. The second kappa shape index (κ2) is 2.21. The molecular weight excluding hydrogens is 152 g/mol. The van der Waals surface area contributed by atoms with Gasteiger partial charge in [-0.05, 0) is 12.8 Å². The standard InChI is InChI=1S/C8H17Si2/c1-9-7-10(2)5-3-8(9)4-6-10/h8H,3-7H2,1-2H3/q+1. The van der Waals surface area contributed by atoms with E-state index in [2.05, 4.69) is 13.1 Å². The average molecular weight is 169 g/mol. The summed E-state index contributed by atoms with van der Waals surface area (Å²) in [4.78, 5) is 0. The molecule has 3 heterocycles. The van der Waals surface area contributed by atoms with Crippen LogP contribution in [0.1, 0.15) is 12.8 Å². The minimum atomic E-state index is -0.562. The van der Waals surface area contributed by atoms with E-state index in [4.69, 9.17) is 0 Å². The van der Waals surface area contributed by atoms with Crippen LogP contribution in [-0.4, -0.2) is 16.9 Å². The van der Waals surface area contributed by atoms with Gasteiger partial charge >= 0.3 is 8.80 Å². The molecular formula is C8H17Si2+. The van der Waals surface area contributed by atoms with Gasteiger partial charge in [-0.1, -0.05) is 18.6 Å². The molecule has 0 nitrogen and oxygen atoms in total. The highest BCUT2D eigenvalue weighted by Gasteiger charge is 2.51. The van der Waals surface area contributed by atoms with Crippen LogP contribution in [0.3, 0.4) is 0 Å². The first-order valence-electron chi connectivity index (χ1n) is 4.52. The summed E-state index contributed by atoms with van der Waals surface area (Å²) in [6.07, 6.45) is 3.26. The lowest BCUT2D eigenvalue weighted by atomic mass is 10.2. The first-order valence-corrected chi connectivity index (χ1v) is 9.93. The van der Waals surface area contributed by atoms with E-state index in [9.17, 15) is 0 Å². The predicted octanol–water partition coefficient (Wildman–Crippen LogP) is 2.91. The Morgan fingerprint density at radius 3 is 2.20 bits per heavy atom. The molecule has 0 aromatic heterocycles. The van der Waals surface area contributed by atoms with Gasteiger partial charge in [0, 0.05) is 0 Å². The minimum Gasteiger partial charge on any atom is -0.0668 e. The Morgan fingerprint density at radius 2 is 1.90 bits per heavy atom. The topological polar surface area (TPSA) is 0 Å². The first-order chi connectivity index (χ1) is 4.70. The van der Waals surface area contributed by atoms with E-state index in [0.29, 0.717) is 0 Å². The van der Waals surface area contributed by atoms with Gasteiger partial charge in [-0.2, -0.15) is 0 Å². The first kappa shape index (κ1) is 7.10. The molecule has 0 unspecified atom stereocenters. The van der Waals surface area contributed by atoms with Gasteiger partial charge in [0.1, 0.15) is 0 Å². The molecule has 0 aromatic carbocycles. The van der Waals surface area contributed by atoms with Crippen LogP contribution in [0.2, 0.25) is 36.4 Å². The van der Waals surface area contributed by atoms with Crippen molar-refractivity contribution >= 4 is 16.9 Å². The fraction of sp³-hybridized carbons (Fsp3) is 1.00. The number of fused-ring (bicyclic) bond motifs is 3. The smallest absolute Gasteiger partial charge is 0.0668 e. The van der Waals surface area contributed by atoms with Crippen molar-refractivity contribution in [2.75, 3.05) is 0 Å². The van der Waals surface area contributed by atoms with Crippen LogP contribution >= 0.6 is 0 Å². The molecule has 3 aliphatic heterocycles. The second-order valence-electron chi connectivity index (χ2n) is 4.61. The summed E-state index contributed by atoms with van der Waals surface area (Å²) in [5.74, 6) is 0. The summed E-state index contributed by atoms with van der Waals surface area (Å²) in [5.41, 5.74) is 2.99. The van der Waals surface area contributed by atoms with Crippen molar-refractivity contribution in [3.8, 4) is 0 Å². The molecule has 3 rings (SSSR count). The Balaban J connectivity index is 2.14. The van der Waals surface area contributed by atoms with Crippen molar-refractivity contribution in [3.63, 3.8) is 0 Å². The zero-order valence-corrected chi connectivity index (χ0v) is 9.11. The van der Waals surface area contributed by atoms with Gasteiger partial charge in [0.05, 0.1) is 25.8 Å². The summed E-state index contributed by atoms with van der Waals surface area (Å²) in [6, 6.07) is 3.36. The normalized spacial score (nSPS) is 46.2. The number of rotatable bonds is 0. The van der Waals surface area contributed by atoms with Gasteiger partial charge in [-0.3, -0.25) is 0 Å². The zero-order chi connectivity index (χ0) is 7.19. The van der Waals surface area contributed by atoms with Crippen LogP contribution < -0.4 is 0 Å². The van der Waals surface area contributed by atoms with Gasteiger partial charge in [0.25, 0.3) is 0 Å². The molecule has 3 saturated heterocycles. The Hall–Kier alpha value is 0.434. The highest BCUT2D eigenvalue weighted by atomic mass is 28.4. The second-order valence-corrected chi connectivity index (χ2v) is 13.2. The molecule has 3 aliphatic rings. The molecule has 0 radical (unpaired) electrons. The lowest BCUT2D eigenvalue weighted by Gasteiger charge is -2.38. The Bertz CT molecular complexity index is 136. The van der Waals surface area contributed by atoms with Crippen molar-refractivity contribution in [3.05, 3.63) is 0 Å². The summed E-state index contributed by atoms with van der Waals surface area (Å²) in [5, 5.41) is 0. The lowest BCUT2D eigenvalue weighted by molar-refractivity contribution is 0.674. The SMILES string of the molecule is C[Si+]1C[Si]2(C)CCC1CC2. The van der Waals surface area contributed by atoms with Gasteiger partial charge in [-0.15, -0.1) is 0 Å². The maximum absolute atomic E-state index is 2.65. The summed E-state index contributed by atoms with van der Waals surface area (Å²) >= 11 is 0. The van der Waals surface area contributed by atoms with Crippen LogP contribution in [-0.2, 0) is 0 Å². The van der Waals surface area contributed by atoms with E-state index in [1.807, 2.05) is 0 Å². The fourth-order valence-electron chi connectivity index (χ4n) is 2.80. The quantitative estimate of drug-likeness (QED) is 0.489. The van der Waals surface area contributed by atoms with Gasteiger partial charge < -0.3 is 0 Å². The van der Waals surface area contributed by atoms with E-state index in [1.54, 1.807) is 30.6 Å². The molecule has 2 heteroatoms. The Kier molecular flexibility index (Phi) is 1.57. The molecule has 0 aromatic rings. The summed E-state index contributed by atoms with van der Waals surface area (Å²) < 4.78 is 0. The Labute approximate surface area is 66.6 Å². The van der Waals surface area contributed by atoms with Crippen LogP contribution in [0.5, 0.6) is 0 Å². The minimum absolute atomic E-state index is 0.171. The summed E-state index contributed by atoms with van der Waals surface area (Å²) in [6.45, 7) is 5.23. The molecule has 0 spiro atoms. The average Bonchev–Trinajstić information content (AvgIpc) is 1.87. The van der Waals surface area contributed by atoms with Gasteiger partial charge in [0.2, 0.25) is 0 Å². The highest BCUT2D eigenvalue weighted by molar-refractivity contribution is 6.91. The van der Waals surface area contributed by atoms with E-state index in [0.717, 1.165) is 0 Å². The molecule has 0 atom stereocenters. The van der Waals surface area contributed by atoms with Crippen molar-refractivity contribution in [1.82, 2.24) is 0 Å². The van der Waals surface area contributed by atoms with E-state index in [1.165, 1.54) is 5.54 Å². The molecule has 3 fully saturated rings. The van der Waals surface area contributed by atoms with E-state index in [-0.39, 0.29) is 8.80 Å². The lowest BCUT2D eigenvalue weighted by Crippen LogP contribution is -2.46. The van der Waals surface area contributed by atoms with Crippen LogP contribution in [0.25, 0.3) is 0 Å². The monoisotopic (exact) mass is 169 g/mol. The molecule has 0 aliphatic carbocycles. The summed E-state index contributed by atoms with van der Waals surface area (Å²) in [7, 11) is -0.391. The molecule has 0 amide bonds. The van der Waals surface area contributed by atoms with Crippen molar-refractivity contribution in [1.29, 1.82) is 0 Å². The van der Waals surface area contributed by atoms with Crippen LogP contribution in [0, 0.1) is 0 Å².